The molecular weight excluding hydrogens is 192 g/mol. The molecule has 78 valence electrons. The Hall–Kier alpha value is -0.580. The van der Waals surface area contributed by atoms with E-state index in [-0.39, 0.29) is 18.1 Å². The summed E-state index contributed by atoms with van der Waals surface area (Å²) in [4.78, 5) is 10.3. The number of carbonyl (C=O) groups is 1. The maximum atomic E-state index is 11.4. The molecule has 0 saturated heterocycles. The Morgan fingerprint density at radius 3 is 2.08 bits per heavy atom. The second-order valence-corrected chi connectivity index (χ2v) is 6.10. The highest BCUT2D eigenvalue weighted by Crippen LogP contribution is 2.10. The van der Waals surface area contributed by atoms with Crippen LogP contribution in [0.3, 0.4) is 0 Å². The molecule has 0 saturated carbocycles. The zero-order valence-electron chi connectivity index (χ0n) is 8.15. The van der Waals surface area contributed by atoms with Crippen molar-refractivity contribution in [3.05, 3.63) is 0 Å². The van der Waals surface area contributed by atoms with Crippen LogP contribution in [0.25, 0.3) is 0 Å². The Balaban J connectivity index is 4.37. The van der Waals surface area contributed by atoms with Gasteiger partial charge in [-0.3, -0.25) is 4.79 Å². The van der Waals surface area contributed by atoms with Gasteiger partial charge in [0.15, 0.2) is 9.84 Å². The summed E-state index contributed by atoms with van der Waals surface area (Å²) < 4.78 is 22.8. The molecule has 0 aromatic carbocycles. The van der Waals surface area contributed by atoms with Gasteiger partial charge in [0.05, 0.1) is 17.4 Å². The average molecular weight is 208 g/mol. The van der Waals surface area contributed by atoms with Gasteiger partial charge in [0.2, 0.25) is 0 Å². The van der Waals surface area contributed by atoms with E-state index in [1.807, 2.05) is 0 Å². The van der Waals surface area contributed by atoms with E-state index in [4.69, 9.17) is 5.11 Å². The minimum atomic E-state index is -3.24. The van der Waals surface area contributed by atoms with Crippen LogP contribution in [0.15, 0.2) is 0 Å². The molecule has 0 spiro atoms. The first kappa shape index (κ1) is 12.4. The highest BCUT2D eigenvalue weighted by molar-refractivity contribution is 7.92. The summed E-state index contributed by atoms with van der Waals surface area (Å²) >= 11 is 0. The smallest absolute Gasteiger partial charge is 0.304 e. The van der Waals surface area contributed by atoms with Crippen LogP contribution in [0.2, 0.25) is 0 Å². The number of hydrogen-bond donors (Lipinski definition) is 1. The first-order chi connectivity index (χ1) is 5.75. The monoisotopic (exact) mass is 208 g/mol. The average Bonchev–Trinajstić information content (AvgIpc) is 1.81. The number of rotatable bonds is 5. The van der Waals surface area contributed by atoms with E-state index in [1.54, 1.807) is 13.8 Å². The summed E-state index contributed by atoms with van der Waals surface area (Å²) in [6, 6.07) is 0. The van der Waals surface area contributed by atoms with E-state index >= 15 is 0 Å². The van der Waals surface area contributed by atoms with Gasteiger partial charge in [-0.2, -0.15) is 0 Å². The van der Waals surface area contributed by atoms with E-state index < -0.39 is 21.1 Å². The van der Waals surface area contributed by atoms with Gasteiger partial charge in [-0.1, -0.05) is 13.8 Å². The molecule has 5 heteroatoms. The molecule has 0 aromatic heterocycles. The molecular formula is C8H16O4S. The molecule has 0 aromatic rings. The van der Waals surface area contributed by atoms with Crippen molar-refractivity contribution in [2.45, 2.75) is 32.4 Å². The standard InChI is InChI=1S/C8H16O4S/c1-6(2)5-13(11,12)7(3)4-8(9)10/h6-7H,4-5H2,1-3H3,(H,9,10). The lowest BCUT2D eigenvalue weighted by molar-refractivity contribution is -0.136. The third-order valence-corrected chi connectivity index (χ3v) is 4.16. The first-order valence-electron chi connectivity index (χ1n) is 4.19. The fourth-order valence-electron chi connectivity index (χ4n) is 1.00. The van der Waals surface area contributed by atoms with Gasteiger partial charge in [-0.25, -0.2) is 8.42 Å². The normalized spacial score (nSPS) is 14.5. The lowest BCUT2D eigenvalue weighted by Gasteiger charge is -2.12. The van der Waals surface area contributed by atoms with E-state index in [0.717, 1.165) is 0 Å². The van der Waals surface area contributed by atoms with Gasteiger partial charge < -0.3 is 5.11 Å². The number of sulfone groups is 1. The highest BCUT2D eigenvalue weighted by atomic mass is 32.2. The van der Waals surface area contributed by atoms with Crippen molar-refractivity contribution in [2.24, 2.45) is 5.92 Å². The molecule has 0 bridgehead atoms. The number of carboxylic acids is 1. The van der Waals surface area contributed by atoms with Crippen LogP contribution in [0.4, 0.5) is 0 Å². The highest BCUT2D eigenvalue weighted by Gasteiger charge is 2.23. The maximum absolute atomic E-state index is 11.4. The van der Waals surface area contributed by atoms with Crippen molar-refractivity contribution >= 4 is 15.8 Å². The third-order valence-electron chi connectivity index (χ3n) is 1.64. The van der Waals surface area contributed by atoms with Crippen LogP contribution < -0.4 is 0 Å². The number of aliphatic carboxylic acids is 1. The molecule has 1 N–H and O–H groups in total. The van der Waals surface area contributed by atoms with E-state index in [1.165, 1.54) is 6.92 Å². The van der Waals surface area contributed by atoms with Crippen molar-refractivity contribution < 1.29 is 18.3 Å². The van der Waals surface area contributed by atoms with Crippen molar-refractivity contribution in [3.8, 4) is 0 Å². The Morgan fingerprint density at radius 1 is 1.31 bits per heavy atom. The van der Waals surface area contributed by atoms with Crippen LogP contribution in [0.1, 0.15) is 27.2 Å². The van der Waals surface area contributed by atoms with Gasteiger partial charge >= 0.3 is 5.97 Å². The third kappa shape index (κ3) is 4.87. The predicted molar refractivity (Wildman–Crippen MR) is 50.3 cm³/mol. The van der Waals surface area contributed by atoms with Crippen molar-refractivity contribution in [3.63, 3.8) is 0 Å². The van der Waals surface area contributed by atoms with Crippen molar-refractivity contribution in [2.75, 3.05) is 5.75 Å². The lowest BCUT2D eigenvalue weighted by Crippen LogP contribution is -2.26. The molecule has 0 aliphatic rings. The second kappa shape index (κ2) is 4.60. The Bertz CT molecular complexity index is 266. The zero-order valence-corrected chi connectivity index (χ0v) is 8.97. The largest absolute Gasteiger partial charge is 0.481 e. The minimum Gasteiger partial charge on any atom is -0.481 e. The summed E-state index contributed by atoms with van der Waals surface area (Å²) in [5.41, 5.74) is 0. The van der Waals surface area contributed by atoms with Gasteiger partial charge in [-0.05, 0) is 12.8 Å². The second-order valence-electron chi connectivity index (χ2n) is 3.63. The Morgan fingerprint density at radius 2 is 1.77 bits per heavy atom. The van der Waals surface area contributed by atoms with Crippen LogP contribution >= 0.6 is 0 Å². The van der Waals surface area contributed by atoms with Crippen LogP contribution in [0, 0.1) is 5.92 Å². The summed E-state index contributed by atoms with van der Waals surface area (Å²) in [5.74, 6) is -0.970. The molecule has 0 aliphatic heterocycles. The SMILES string of the molecule is CC(C)CS(=O)(=O)C(C)CC(=O)O. The van der Waals surface area contributed by atoms with Crippen LogP contribution in [-0.4, -0.2) is 30.5 Å². The van der Waals surface area contributed by atoms with Crippen LogP contribution in [0.5, 0.6) is 0 Å². The van der Waals surface area contributed by atoms with Gasteiger partial charge in [0, 0.05) is 0 Å². The van der Waals surface area contributed by atoms with Gasteiger partial charge in [0.25, 0.3) is 0 Å². The van der Waals surface area contributed by atoms with Crippen molar-refractivity contribution in [1.82, 2.24) is 0 Å². The number of carboxylic acid groups (broad SMARTS) is 1. The van der Waals surface area contributed by atoms with E-state index in [0.29, 0.717) is 0 Å². The lowest BCUT2D eigenvalue weighted by atomic mass is 10.3. The first-order valence-corrected chi connectivity index (χ1v) is 5.90. The molecule has 0 rings (SSSR count). The van der Waals surface area contributed by atoms with E-state index in [2.05, 4.69) is 0 Å². The molecule has 13 heavy (non-hydrogen) atoms. The number of hydrogen-bond acceptors (Lipinski definition) is 3. The van der Waals surface area contributed by atoms with Crippen molar-refractivity contribution in [1.29, 1.82) is 0 Å². The summed E-state index contributed by atoms with van der Waals surface area (Å²) in [6.45, 7) is 5.03. The summed E-state index contributed by atoms with van der Waals surface area (Å²) in [7, 11) is -3.24. The summed E-state index contributed by atoms with van der Waals surface area (Å²) in [5, 5.41) is 7.63. The minimum absolute atomic E-state index is 0.0428. The quantitative estimate of drug-likeness (QED) is 0.729. The Kier molecular flexibility index (Phi) is 4.39. The van der Waals surface area contributed by atoms with Gasteiger partial charge in [0.1, 0.15) is 0 Å². The molecule has 0 fully saturated rings. The maximum Gasteiger partial charge on any atom is 0.304 e. The predicted octanol–water partition coefficient (Wildman–Crippen LogP) is 0.920. The molecule has 1 unspecified atom stereocenters. The van der Waals surface area contributed by atoms with Crippen LogP contribution in [-0.2, 0) is 14.6 Å². The molecule has 4 nitrogen and oxygen atoms in total. The molecule has 0 radical (unpaired) electrons. The summed E-state index contributed by atoms with van der Waals surface area (Å²) in [6.07, 6.45) is -0.310. The fraction of sp³-hybridized carbons (Fsp3) is 0.875. The topological polar surface area (TPSA) is 71.4 Å². The molecule has 0 amide bonds. The Labute approximate surface area is 78.9 Å². The zero-order chi connectivity index (χ0) is 10.6. The molecule has 1 atom stereocenters. The van der Waals surface area contributed by atoms with E-state index in [9.17, 15) is 13.2 Å². The fourth-order valence-corrected chi connectivity index (χ4v) is 2.66. The molecule has 0 aliphatic carbocycles. The van der Waals surface area contributed by atoms with Gasteiger partial charge in [-0.15, -0.1) is 0 Å². The molecule has 0 heterocycles.